The molecule has 0 aliphatic carbocycles. The molecule has 0 aliphatic rings. The van der Waals surface area contributed by atoms with Gasteiger partial charge in [0.2, 0.25) is 6.10 Å². The molecule has 0 saturated carbocycles. The van der Waals surface area contributed by atoms with Crippen molar-refractivity contribution < 1.29 is 9.47 Å². The van der Waals surface area contributed by atoms with Gasteiger partial charge in [-0.1, -0.05) is 89.8 Å². The van der Waals surface area contributed by atoms with E-state index in [2.05, 4.69) is 59.4 Å². The highest BCUT2D eigenvalue weighted by Crippen LogP contribution is 2.31. The van der Waals surface area contributed by atoms with Crippen molar-refractivity contribution in [1.29, 1.82) is 5.26 Å². The predicted molar refractivity (Wildman–Crippen MR) is 128 cm³/mol. The average molecular weight is 404 g/mol. The first-order valence-corrected chi connectivity index (χ1v) is 9.65. The second kappa shape index (κ2) is 14.5. The van der Waals surface area contributed by atoms with Crippen molar-refractivity contribution in [3.05, 3.63) is 123 Å². The third-order valence-corrected chi connectivity index (χ3v) is 4.07. The van der Waals surface area contributed by atoms with Crippen LogP contribution in [-0.4, -0.2) is 6.10 Å². The summed E-state index contributed by atoms with van der Waals surface area (Å²) in [4.78, 5) is 0. The van der Waals surface area contributed by atoms with Crippen molar-refractivity contribution in [2.45, 2.75) is 26.9 Å². The summed E-state index contributed by atoms with van der Waals surface area (Å²) in [6.07, 6.45) is 14.6. The molecule has 0 rings (SSSR count). The van der Waals surface area contributed by atoms with E-state index in [-0.39, 0.29) is 11.8 Å². The Bertz CT molecular complexity index is 825. The molecular weight excluding hydrogens is 370 g/mol. The summed E-state index contributed by atoms with van der Waals surface area (Å²) in [5.74, 6) is 1.36. The van der Waals surface area contributed by atoms with E-state index in [1.807, 2.05) is 25.2 Å². The number of nitrogens with zero attached hydrogens (tertiary/aromatic N) is 1. The van der Waals surface area contributed by atoms with Crippen LogP contribution in [0, 0.1) is 23.2 Å². The SMILES string of the molecule is C=C/C=C(\C=C)C(C(=C)OC(C#N)/C(C=C)=C/C(=C)O/C(C=C)=C/C=C\C)C(C)C. The normalized spacial score (nSPS) is 14.4. The molecule has 0 saturated heterocycles. The van der Waals surface area contributed by atoms with Gasteiger partial charge in [-0.15, -0.1) is 0 Å². The maximum absolute atomic E-state index is 9.69. The van der Waals surface area contributed by atoms with Crippen LogP contribution < -0.4 is 0 Å². The van der Waals surface area contributed by atoms with Crippen molar-refractivity contribution in [3.8, 4) is 6.07 Å². The van der Waals surface area contributed by atoms with Gasteiger partial charge in [-0.25, -0.2) is 0 Å². The smallest absolute Gasteiger partial charge is 0.209 e. The quantitative estimate of drug-likeness (QED) is 0.226. The molecule has 0 aromatic heterocycles. The van der Waals surface area contributed by atoms with Gasteiger partial charge in [-0.2, -0.15) is 5.26 Å². The van der Waals surface area contributed by atoms with E-state index in [0.29, 0.717) is 22.9 Å². The summed E-state index contributed by atoms with van der Waals surface area (Å²) in [6, 6.07) is 2.14. The molecule has 3 heteroatoms. The summed E-state index contributed by atoms with van der Waals surface area (Å²) < 4.78 is 11.6. The summed E-state index contributed by atoms with van der Waals surface area (Å²) in [6.45, 7) is 29.1. The van der Waals surface area contributed by atoms with Crippen LogP contribution in [0.1, 0.15) is 20.8 Å². The standard InChI is InChI=1S/C27H33NO2/c1-10-15-17-25(14-5)29-21(8)18-24(13-4)26(19-28)30-22(9)27(20(6)7)23(12-3)16-11-2/h10-18,20,26-27H,2-5,8-9H2,1,6-7H3/b15-10-,23-16+,24-18+,25-17+. The van der Waals surface area contributed by atoms with Crippen molar-refractivity contribution in [2.24, 2.45) is 11.8 Å². The fourth-order valence-electron chi connectivity index (χ4n) is 2.71. The summed E-state index contributed by atoms with van der Waals surface area (Å²) in [5.41, 5.74) is 1.43. The Balaban J connectivity index is 5.69. The van der Waals surface area contributed by atoms with Crippen LogP contribution in [-0.2, 0) is 9.47 Å². The van der Waals surface area contributed by atoms with Crippen molar-refractivity contribution in [2.75, 3.05) is 0 Å². The van der Waals surface area contributed by atoms with Crippen molar-refractivity contribution in [1.82, 2.24) is 0 Å². The lowest BCUT2D eigenvalue weighted by Gasteiger charge is -2.26. The minimum atomic E-state index is -0.918. The Hall–Kier alpha value is -3.51. The van der Waals surface area contributed by atoms with E-state index < -0.39 is 6.10 Å². The minimum Gasteiger partial charge on any atom is -0.475 e. The van der Waals surface area contributed by atoms with E-state index in [9.17, 15) is 5.26 Å². The monoisotopic (exact) mass is 403 g/mol. The molecule has 30 heavy (non-hydrogen) atoms. The molecule has 2 unspecified atom stereocenters. The van der Waals surface area contributed by atoms with E-state index in [1.165, 1.54) is 6.08 Å². The molecule has 2 atom stereocenters. The molecule has 0 aliphatic heterocycles. The second-order valence-corrected chi connectivity index (χ2v) is 6.64. The Morgan fingerprint density at radius 1 is 0.967 bits per heavy atom. The molecular formula is C27H33NO2. The van der Waals surface area contributed by atoms with Crippen LogP contribution in [0.2, 0.25) is 0 Å². The first-order chi connectivity index (χ1) is 14.3. The third-order valence-electron chi connectivity index (χ3n) is 4.07. The van der Waals surface area contributed by atoms with Gasteiger partial charge in [0, 0.05) is 11.5 Å². The summed E-state index contributed by atoms with van der Waals surface area (Å²) in [7, 11) is 0. The molecule has 0 heterocycles. The molecule has 0 radical (unpaired) electrons. The molecule has 0 N–H and O–H groups in total. The van der Waals surface area contributed by atoms with Gasteiger partial charge in [-0.05, 0) is 36.6 Å². The molecule has 0 aromatic carbocycles. The Morgan fingerprint density at radius 3 is 2.03 bits per heavy atom. The van der Waals surface area contributed by atoms with Gasteiger partial charge in [0.05, 0.1) is 5.76 Å². The highest BCUT2D eigenvalue weighted by Gasteiger charge is 2.24. The van der Waals surface area contributed by atoms with Crippen LogP contribution in [0.15, 0.2) is 123 Å². The first kappa shape index (κ1) is 26.5. The molecule has 0 amide bonds. The zero-order valence-corrected chi connectivity index (χ0v) is 18.4. The largest absolute Gasteiger partial charge is 0.475 e. The van der Waals surface area contributed by atoms with Gasteiger partial charge < -0.3 is 9.47 Å². The molecule has 0 bridgehead atoms. The predicted octanol–water partition coefficient (Wildman–Crippen LogP) is 7.27. The van der Waals surface area contributed by atoms with E-state index in [4.69, 9.17) is 9.47 Å². The maximum atomic E-state index is 9.69. The highest BCUT2D eigenvalue weighted by molar-refractivity contribution is 5.35. The van der Waals surface area contributed by atoms with Crippen LogP contribution in [0.3, 0.4) is 0 Å². The van der Waals surface area contributed by atoms with Gasteiger partial charge in [0.1, 0.15) is 17.6 Å². The second-order valence-electron chi connectivity index (χ2n) is 6.64. The number of hydrogen-bond acceptors (Lipinski definition) is 3. The lowest BCUT2D eigenvalue weighted by atomic mass is 9.86. The fourth-order valence-corrected chi connectivity index (χ4v) is 2.71. The van der Waals surface area contributed by atoms with Gasteiger partial charge in [-0.3, -0.25) is 0 Å². The van der Waals surface area contributed by atoms with Crippen LogP contribution in [0.4, 0.5) is 0 Å². The van der Waals surface area contributed by atoms with E-state index in [0.717, 1.165) is 5.57 Å². The van der Waals surface area contributed by atoms with Gasteiger partial charge >= 0.3 is 0 Å². The fraction of sp³-hybridized carbons (Fsp3) is 0.222. The molecule has 0 fully saturated rings. The number of hydrogen-bond donors (Lipinski definition) is 0. The summed E-state index contributed by atoms with van der Waals surface area (Å²) in [5, 5.41) is 9.69. The van der Waals surface area contributed by atoms with Crippen molar-refractivity contribution in [3.63, 3.8) is 0 Å². The molecule has 3 nitrogen and oxygen atoms in total. The third kappa shape index (κ3) is 8.67. The number of allylic oxidation sites excluding steroid dienone is 9. The summed E-state index contributed by atoms with van der Waals surface area (Å²) >= 11 is 0. The van der Waals surface area contributed by atoms with Crippen LogP contribution >= 0.6 is 0 Å². The lowest BCUT2D eigenvalue weighted by Crippen LogP contribution is -2.21. The topological polar surface area (TPSA) is 42.2 Å². The first-order valence-electron chi connectivity index (χ1n) is 9.65. The Labute approximate surface area is 182 Å². The zero-order valence-electron chi connectivity index (χ0n) is 18.4. The number of ether oxygens (including phenoxy) is 2. The average Bonchev–Trinajstić information content (AvgIpc) is 2.72. The van der Waals surface area contributed by atoms with Gasteiger partial charge in [0.15, 0.2) is 0 Å². The highest BCUT2D eigenvalue weighted by atomic mass is 16.5. The Morgan fingerprint density at radius 2 is 1.60 bits per heavy atom. The van der Waals surface area contributed by atoms with Crippen LogP contribution in [0.25, 0.3) is 0 Å². The molecule has 158 valence electrons. The minimum absolute atomic E-state index is 0.141. The van der Waals surface area contributed by atoms with Crippen LogP contribution in [0.5, 0.6) is 0 Å². The number of nitriles is 1. The molecule has 0 spiro atoms. The molecule has 0 aromatic rings. The number of rotatable bonds is 14. The maximum Gasteiger partial charge on any atom is 0.209 e. The lowest BCUT2D eigenvalue weighted by molar-refractivity contribution is 0.155. The Kier molecular flexibility index (Phi) is 12.8. The zero-order chi connectivity index (χ0) is 23.1. The van der Waals surface area contributed by atoms with E-state index >= 15 is 0 Å². The van der Waals surface area contributed by atoms with E-state index in [1.54, 1.807) is 30.4 Å². The van der Waals surface area contributed by atoms with Crippen molar-refractivity contribution >= 4 is 0 Å². The van der Waals surface area contributed by atoms with Gasteiger partial charge in [0.25, 0.3) is 0 Å².